The molecule has 6 heteroatoms. The molecule has 0 amide bonds. The van der Waals surface area contributed by atoms with Crippen LogP contribution in [-0.4, -0.2) is 26.9 Å². The van der Waals surface area contributed by atoms with E-state index in [0.717, 1.165) is 51.9 Å². The van der Waals surface area contributed by atoms with Crippen LogP contribution < -0.4 is 0 Å². The molecule has 1 heterocycles. The summed E-state index contributed by atoms with van der Waals surface area (Å²) in [6.45, 7) is 5.40. The number of halogens is 1. The molecule has 0 aliphatic rings. The number of aryl methyl sites for hydroxylation is 1. The third kappa shape index (κ3) is 8.20. The van der Waals surface area contributed by atoms with Gasteiger partial charge < -0.3 is 10.2 Å². The molecule has 40 heavy (non-hydrogen) atoms. The summed E-state index contributed by atoms with van der Waals surface area (Å²) in [7, 11) is 0. The SMILES string of the molecule is CC(CCS[C@@H](CCc1ccccc1C(C)(C)O)c1cccc(C=Cc2ccc3ccc(Cl)cc3n2)c1)C(=O)O. The molecule has 0 bridgehead atoms. The van der Waals surface area contributed by atoms with E-state index >= 15 is 0 Å². The topological polar surface area (TPSA) is 70.4 Å². The minimum absolute atomic E-state index is 0.185. The van der Waals surface area contributed by atoms with Crippen LogP contribution in [0.5, 0.6) is 0 Å². The van der Waals surface area contributed by atoms with E-state index in [4.69, 9.17) is 16.6 Å². The molecule has 4 aromatic rings. The number of aromatic nitrogens is 1. The normalized spacial score (nSPS) is 13.5. The van der Waals surface area contributed by atoms with Crippen molar-refractivity contribution in [3.05, 3.63) is 112 Å². The summed E-state index contributed by atoms with van der Waals surface area (Å²) in [6, 6.07) is 26.3. The van der Waals surface area contributed by atoms with Gasteiger partial charge in [0.25, 0.3) is 0 Å². The van der Waals surface area contributed by atoms with Gasteiger partial charge >= 0.3 is 5.97 Å². The lowest BCUT2D eigenvalue weighted by Crippen LogP contribution is -2.18. The van der Waals surface area contributed by atoms with Gasteiger partial charge in [-0.15, -0.1) is 0 Å². The Hall–Kier alpha value is -3.12. The lowest BCUT2D eigenvalue weighted by Gasteiger charge is -2.23. The van der Waals surface area contributed by atoms with Gasteiger partial charge in [0.2, 0.25) is 0 Å². The highest BCUT2D eigenvalue weighted by Gasteiger charge is 2.21. The fraction of sp³-hybridized carbons (Fsp3) is 0.294. The molecule has 0 radical (unpaired) electrons. The van der Waals surface area contributed by atoms with Crippen LogP contribution in [0.1, 0.15) is 66.8 Å². The van der Waals surface area contributed by atoms with Gasteiger partial charge in [-0.05, 0) is 85.4 Å². The summed E-state index contributed by atoms with van der Waals surface area (Å²) in [6.07, 6.45) is 6.39. The molecule has 208 valence electrons. The number of pyridine rings is 1. The summed E-state index contributed by atoms with van der Waals surface area (Å²) in [5, 5.41) is 21.9. The van der Waals surface area contributed by atoms with E-state index < -0.39 is 11.6 Å². The van der Waals surface area contributed by atoms with Gasteiger partial charge in [-0.3, -0.25) is 4.79 Å². The highest BCUT2D eigenvalue weighted by atomic mass is 35.5. The molecule has 0 aliphatic heterocycles. The Bertz CT molecular complexity index is 1490. The minimum Gasteiger partial charge on any atom is -0.481 e. The maximum atomic E-state index is 11.4. The number of thioether (sulfide) groups is 1. The van der Waals surface area contributed by atoms with E-state index in [1.165, 1.54) is 5.56 Å². The van der Waals surface area contributed by atoms with Gasteiger partial charge in [0.05, 0.1) is 22.7 Å². The minimum atomic E-state index is -0.914. The summed E-state index contributed by atoms with van der Waals surface area (Å²) in [4.78, 5) is 16.1. The lowest BCUT2D eigenvalue weighted by atomic mass is 9.90. The zero-order valence-electron chi connectivity index (χ0n) is 23.2. The van der Waals surface area contributed by atoms with Crippen LogP contribution in [0.25, 0.3) is 23.1 Å². The first kappa shape index (κ1) is 29.9. The number of hydrogen-bond donors (Lipinski definition) is 2. The third-order valence-corrected chi connectivity index (χ3v) is 8.67. The number of fused-ring (bicyclic) bond motifs is 1. The monoisotopic (exact) mass is 573 g/mol. The Morgan fingerprint density at radius 1 is 1.00 bits per heavy atom. The number of rotatable bonds is 12. The lowest BCUT2D eigenvalue weighted by molar-refractivity contribution is -0.141. The average molecular weight is 574 g/mol. The van der Waals surface area contributed by atoms with Gasteiger partial charge in [-0.25, -0.2) is 4.98 Å². The van der Waals surface area contributed by atoms with Gasteiger partial charge in [0, 0.05) is 15.7 Å². The molecule has 0 saturated heterocycles. The Balaban J connectivity index is 1.55. The summed E-state index contributed by atoms with van der Waals surface area (Å²) in [5.41, 5.74) is 5.17. The predicted octanol–water partition coefficient (Wildman–Crippen LogP) is 8.80. The molecule has 4 rings (SSSR count). The molecule has 3 aromatic carbocycles. The molecular weight excluding hydrogens is 538 g/mol. The smallest absolute Gasteiger partial charge is 0.306 e. The molecule has 4 nitrogen and oxygen atoms in total. The molecule has 2 atom stereocenters. The van der Waals surface area contributed by atoms with Crippen molar-refractivity contribution in [2.24, 2.45) is 5.92 Å². The number of carboxylic acid groups (broad SMARTS) is 1. The fourth-order valence-corrected chi connectivity index (χ4v) is 6.29. The van der Waals surface area contributed by atoms with E-state index in [9.17, 15) is 15.0 Å². The van der Waals surface area contributed by atoms with Crippen molar-refractivity contribution < 1.29 is 15.0 Å². The van der Waals surface area contributed by atoms with E-state index in [1.54, 1.807) is 18.7 Å². The number of benzene rings is 3. The zero-order chi connectivity index (χ0) is 28.7. The Morgan fingerprint density at radius 3 is 2.55 bits per heavy atom. The summed E-state index contributed by atoms with van der Waals surface area (Å²) in [5.74, 6) is -0.370. The molecule has 0 aliphatic carbocycles. The summed E-state index contributed by atoms with van der Waals surface area (Å²) >= 11 is 7.96. The van der Waals surface area contributed by atoms with Crippen LogP contribution in [0.15, 0.2) is 78.9 Å². The molecule has 2 N–H and O–H groups in total. The molecule has 1 aromatic heterocycles. The number of nitrogens with zero attached hydrogens (tertiary/aromatic N) is 1. The number of aliphatic carboxylic acids is 1. The van der Waals surface area contributed by atoms with Crippen molar-refractivity contribution in [3.8, 4) is 0 Å². The van der Waals surface area contributed by atoms with E-state index in [-0.39, 0.29) is 11.2 Å². The quantitative estimate of drug-likeness (QED) is 0.177. The number of hydrogen-bond acceptors (Lipinski definition) is 4. The average Bonchev–Trinajstić information content (AvgIpc) is 2.93. The molecule has 1 unspecified atom stereocenters. The first-order chi connectivity index (χ1) is 19.1. The van der Waals surface area contributed by atoms with Crippen molar-refractivity contribution in [1.29, 1.82) is 0 Å². The Labute approximate surface area is 246 Å². The van der Waals surface area contributed by atoms with Crippen LogP contribution in [0, 0.1) is 5.92 Å². The molecule has 0 spiro atoms. The highest BCUT2D eigenvalue weighted by Crippen LogP contribution is 2.36. The fourth-order valence-electron chi connectivity index (χ4n) is 4.72. The van der Waals surface area contributed by atoms with Crippen molar-refractivity contribution in [3.63, 3.8) is 0 Å². The van der Waals surface area contributed by atoms with Crippen molar-refractivity contribution in [2.75, 3.05) is 5.75 Å². The van der Waals surface area contributed by atoms with E-state index in [2.05, 4.69) is 36.4 Å². The van der Waals surface area contributed by atoms with E-state index in [0.29, 0.717) is 11.4 Å². The molecular formula is C34H36ClNO3S. The van der Waals surface area contributed by atoms with Crippen molar-refractivity contribution in [1.82, 2.24) is 4.98 Å². The number of carboxylic acids is 1. The van der Waals surface area contributed by atoms with Crippen LogP contribution in [-0.2, 0) is 16.8 Å². The van der Waals surface area contributed by atoms with Gasteiger partial charge in [-0.2, -0.15) is 11.8 Å². The number of carbonyl (C=O) groups is 1. The first-order valence-corrected chi connectivity index (χ1v) is 15.0. The highest BCUT2D eigenvalue weighted by molar-refractivity contribution is 7.99. The van der Waals surface area contributed by atoms with Gasteiger partial charge in [0.1, 0.15) is 0 Å². The maximum Gasteiger partial charge on any atom is 0.306 e. The summed E-state index contributed by atoms with van der Waals surface area (Å²) < 4.78 is 0. The predicted molar refractivity (Wildman–Crippen MR) is 169 cm³/mol. The van der Waals surface area contributed by atoms with Gasteiger partial charge in [-0.1, -0.05) is 85.3 Å². The maximum absolute atomic E-state index is 11.4. The third-order valence-electron chi connectivity index (χ3n) is 7.05. The van der Waals surface area contributed by atoms with Crippen LogP contribution >= 0.6 is 23.4 Å². The van der Waals surface area contributed by atoms with Crippen LogP contribution in [0.2, 0.25) is 5.02 Å². The zero-order valence-corrected chi connectivity index (χ0v) is 24.8. The number of aliphatic hydroxyl groups is 1. The van der Waals surface area contributed by atoms with Gasteiger partial charge in [0.15, 0.2) is 0 Å². The molecule has 0 saturated carbocycles. The van der Waals surface area contributed by atoms with E-state index in [1.807, 2.05) is 68.5 Å². The van der Waals surface area contributed by atoms with Crippen LogP contribution in [0.4, 0.5) is 0 Å². The molecule has 0 fully saturated rings. The van der Waals surface area contributed by atoms with Crippen LogP contribution in [0.3, 0.4) is 0 Å². The standard InChI is InChI=1S/C34H36ClNO3S/c1-23(33(37)38)19-20-40-32(18-14-25-8-4-5-10-30(25)34(2,3)39)27-9-6-7-24(21-27)11-16-29-17-13-26-12-15-28(35)22-31(26)36-29/h4-13,15-17,21-23,32,39H,14,18-20H2,1-3H3,(H,37,38)/t23?,32-/m0/s1. The second kappa shape index (κ2) is 13.5. The van der Waals surface area contributed by atoms with Crippen molar-refractivity contribution >= 4 is 52.4 Å². The second-order valence-electron chi connectivity index (χ2n) is 10.7. The Kier molecular flexibility index (Phi) is 10.1. The second-order valence-corrected chi connectivity index (χ2v) is 12.5. The van der Waals surface area contributed by atoms with Crippen molar-refractivity contribution in [2.45, 2.75) is 50.9 Å². The first-order valence-electron chi connectivity index (χ1n) is 13.6. The largest absolute Gasteiger partial charge is 0.481 e. The Morgan fingerprint density at radius 2 is 1.77 bits per heavy atom.